The molecule has 2 heterocycles. The smallest absolute Gasteiger partial charge is 0.262 e. The number of ether oxygens (including phenoxy) is 1. The number of benzene rings is 1. The Morgan fingerprint density at radius 1 is 1.31 bits per heavy atom. The van der Waals surface area contributed by atoms with Gasteiger partial charge in [0.25, 0.3) is 5.91 Å². The van der Waals surface area contributed by atoms with Crippen LogP contribution in [0.1, 0.15) is 32.3 Å². The van der Waals surface area contributed by atoms with Crippen molar-refractivity contribution < 1.29 is 17.9 Å². The van der Waals surface area contributed by atoms with E-state index in [-0.39, 0.29) is 24.9 Å². The topological polar surface area (TPSA) is 79.0 Å². The maximum absolute atomic E-state index is 11.7. The second-order valence-electron chi connectivity index (χ2n) is 7.91. The minimum Gasteiger partial charge on any atom is -0.482 e. The molecule has 1 amide bonds. The minimum atomic E-state index is -3.07. The molecule has 7 nitrogen and oxygen atoms in total. The van der Waals surface area contributed by atoms with Crippen molar-refractivity contribution in [3.05, 3.63) is 23.8 Å². The molecule has 0 spiro atoms. The van der Waals surface area contributed by atoms with Gasteiger partial charge in [-0.3, -0.25) is 4.79 Å². The van der Waals surface area contributed by atoms with Gasteiger partial charge in [-0.15, -0.1) is 12.4 Å². The number of hydrogen-bond donors (Lipinski definition) is 1. The fourth-order valence-corrected chi connectivity index (χ4v) is 4.98. The molecule has 1 aromatic carbocycles. The van der Waals surface area contributed by atoms with Crippen LogP contribution >= 0.6 is 12.4 Å². The molecule has 29 heavy (non-hydrogen) atoms. The Kier molecular flexibility index (Phi) is 8.34. The molecule has 1 unspecified atom stereocenters. The molecule has 164 valence electrons. The van der Waals surface area contributed by atoms with Crippen molar-refractivity contribution in [3.8, 4) is 5.75 Å². The summed E-state index contributed by atoms with van der Waals surface area (Å²) in [6.45, 7) is 7.66. The molecule has 0 radical (unpaired) electrons. The molecule has 0 saturated carbocycles. The molecule has 0 aliphatic carbocycles. The number of hydrogen-bond acceptors (Lipinski definition) is 5. The lowest BCUT2D eigenvalue weighted by atomic mass is 9.96. The molecule has 2 aliphatic rings. The summed E-state index contributed by atoms with van der Waals surface area (Å²) >= 11 is 0. The van der Waals surface area contributed by atoms with Crippen LogP contribution < -0.4 is 10.1 Å². The van der Waals surface area contributed by atoms with Crippen molar-refractivity contribution >= 4 is 34.0 Å². The van der Waals surface area contributed by atoms with E-state index in [0.29, 0.717) is 25.0 Å². The van der Waals surface area contributed by atoms with Crippen molar-refractivity contribution in [1.82, 2.24) is 9.21 Å². The Labute approximate surface area is 180 Å². The van der Waals surface area contributed by atoms with Crippen molar-refractivity contribution in [2.45, 2.75) is 39.2 Å². The normalized spacial score (nSPS) is 19.1. The summed E-state index contributed by atoms with van der Waals surface area (Å²) in [4.78, 5) is 14.0. The predicted molar refractivity (Wildman–Crippen MR) is 117 cm³/mol. The lowest BCUT2D eigenvalue weighted by molar-refractivity contribution is -0.118. The van der Waals surface area contributed by atoms with Gasteiger partial charge in [-0.25, -0.2) is 12.7 Å². The molecule has 1 fully saturated rings. The SMILES string of the molecule is CCN(CC1CCN(S(C)(=O)=O)CC1)C(C)Cc1ccc2c(c1)NC(=O)CO2.Cl. The number of likely N-dealkylation sites (N-methyl/N-ethyl adjacent to an activating group) is 1. The number of nitrogens with zero attached hydrogens (tertiary/aromatic N) is 2. The summed E-state index contributed by atoms with van der Waals surface area (Å²) in [7, 11) is -3.07. The third-order valence-electron chi connectivity index (χ3n) is 5.77. The fourth-order valence-electron chi connectivity index (χ4n) is 4.10. The van der Waals surface area contributed by atoms with E-state index in [9.17, 15) is 13.2 Å². The number of carbonyl (C=O) groups excluding carboxylic acids is 1. The number of nitrogens with one attached hydrogen (secondary N) is 1. The Balaban J connectivity index is 0.00000300. The van der Waals surface area contributed by atoms with Gasteiger partial charge in [0.05, 0.1) is 11.9 Å². The Hall–Kier alpha value is -1.35. The minimum absolute atomic E-state index is 0. The lowest BCUT2D eigenvalue weighted by Crippen LogP contribution is -2.43. The zero-order valence-electron chi connectivity index (χ0n) is 17.4. The van der Waals surface area contributed by atoms with Crippen LogP contribution in [0.5, 0.6) is 5.75 Å². The zero-order chi connectivity index (χ0) is 20.3. The summed E-state index contributed by atoms with van der Waals surface area (Å²) in [5, 5.41) is 2.87. The number of rotatable bonds is 7. The standard InChI is InChI=1S/C20H31N3O4S.ClH/c1-4-22(13-16-7-9-23(10-8-16)28(3,25)26)15(2)11-17-5-6-19-18(12-17)21-20(24)14-27-19;/h5-6,12,15-16H,4,7-11,13-14H2,1-3H3,(H,21,24);1H. The van der Waals surface area contributed by atoms with Gasteiger partial charge in [0.1, 0.15) is 5.75 Å². The van der Waals surface area contributed by atoms with Crippen molar-refractivity contribution in [2.75, 3.05) is 44.4 Å². The zero-order valence-corrected chi connectivity index (χ0v) is 19.0. The fraction of sp³-hybridized carbons (Fsp3) is 0.650. The molecule has 3 rings (SSSR count). The first-order valence-electron chi connectivity index (χ1n) is 10.0. The number of piperidine rings is 1. The first-order chi connectivity index (χ1) is 13.3. The third-order valence-corrected chi connectivity index (χ3v) is 7.08. The van der Waals surface area contributed by atoms with Gasteiger partial charge in [0, 0.05) is 25.7 Å². The second-order valence-corrected chi connectivity index (χ2v) is 9.90. The number of amides is 1. The van der Waals surface area contributed by atoms with E-state index in [4.69, 9.17) is 4.74 Å². The number of carbonyl (C=O) groups is 1. The van der Waals surface area contributed by atoms with Gasteiger partial charge < -0.3 is 15.0 Å². The highest BCUT2D eigenvalue weighted by molar-refractivity contribution is 7.88. The highest BCUT2D eigenvalue weighted by Crippen LogP contribution is 2.29. The van der Waals surface area contributed by atoms with Gasteiger partial charge in [0.2, 0.25) is 10.0 Å². The van der Waals surface area contributed by atoms with Crippen molar-refractivity contribution in [3.63, 3.8) is 0 Å². The molecule has 0 aromatic heterocycles. The molecule has 9 heteroatoms. The van der Waals surface area contributed by atoms with E-state index in [0.717, 1.165) is 43.8 Å². The maximum atomic E-state index is 11.7. The summed E-state index contributed by atoms with van der Waals surface area (Å²) < 4.78 is 30.4. The average molecular weight is 446 g/mol. The molecule has 0 bridgehead atoms. The van der Waals surface area contributed by atoms with Crippen LogP contribution in [0.15, 0.2) is 18.2 Å². The van der Waals surface area contributed by atoms with E-state index in [1.807, 2.05) is 12.1 Å². The lowest BCUT2D eigenvalue weighted by Gasteiger charge is -2.36. The predicted octanol–water partition coefficient (Wildman–Crippen LogP) is 2.36. The summed E-state index contributed by atoms with van der Waals surface area (Å²) in [5.41, 5.74) is 1.92. The molecular weight excluding hydrogens is 414 g/mol. The van der Waals surface area contributed by atoms with E-state index >= 15 is 0 Å². The second kappa shape index (κ2) is 10.1. The van der Waals surface area contributed by atoms with Crippen LogP contribution in [0, 0.1) is 5.92 Å². The van der Waals surface area contributed by atoms with E-state index < -0.39 is 10.0 Å². The van der Waals surface area contributed by atoms with Gasteiger partial charge >= 0.3 is 0 Å². The van der Waals surface area contributed by atoms with Crippen LogP contribution in [0.25, 0.3) is 0 Å². The van der Waals surface area contributed by atoms with E-state index in [1.54, 1.807) is 4.31 Å². The number of fused-ring (bicyclic) bond motifs is 1. The van der Waals surface area contributed by atoms with Gasteiger partial charge in [0.15, 0.2) is 6.61 Å². The van der Waals surface area contributed by atoms with Crippen LogP contribution in [0.3, 0.4) is 0 Å². The van der Waals surface area contributed by atoms with Gasteiger partial charge in [-0.05, 0) is 56.3 Å². The van der Waals surface area contributed by atoms with Gasteiger partial charge in [-0.2, -0.15) is 0 Å². The summed E-state index contributed by atoms with van der Waals surface area (Å²) in [6.07, 6.45) is 4.01. The highest BCUT2D eigenvalue weighted by Gasteiger charge is 2.27. The third kappa shape index (κ3) is 6.31. The largest absolute Gasteiger partial charge is 0.482 e. The first kappa shape index (κ1) is 23.9. The van der Waals surface area contributed by atoms with E-state index in [1.165, 1.54) is 11.8 Å². The molecule has 2 aliphatic heterocycles. The number of sulfonamides is 1. The summed E-state index contributed by atoms with van der Waals surface area (Å²) in [5.74, 6) is 1.13. The van der Waals surface area contributed by atoms with E-state index in [2.05, 4.69) is 30.1 Å². The Morgan fingerprint density at radius 2 is 2.00 bits per heavy atom. The number of anilines is 1. The van der Waals surface area contributed by atoms with Crippen LogP contribution in [0.4, 0.5) is 5.69 Å². The van der Waals surface area contributed by atoms with Crippen LogP contribution in [0.2, 0.25) is 0 Å². The Morgan fingerprint density at radius 3 is 2.62 bits per heavy atom. The van der Waals surface area contributed by atoms with Crippen molar-refractivity contribution in [2.24, 2.45) is 5.92 Å². The quantitative estimate of drug-likeness (QED) is 0.697. The number of halogens is 1. The average Bonchev–Trinajstić information content (AvgIpc) is 2.65. The van der Waals surface area contributed by atoms with Crippen LogP contribution in [-0.2, 0) is 21.2 Å². The van der Waals surface area contributed by atoms with Crippen LogP contribution in [-0.4, -0.2) is 68.6 Å². The maximum Gasteiger partial charge on any atom is 0.262 e. The Bertz CT molecular complexity index is 810. The molecule has 1 atom stereocenters. The molecule has 1 N–H and O–H groups in total. The molecule has 1 saturated heterocycles. The molecular formula is C20H32ClN3O4S. The van der Waals surface area contributed by atoms with Crippen molar-refractivity contribution in [1.29, 1.82) is 0 Å². The summed E-state index contributed by atoms with van der Waals surface area (Å²) in [6, 6.07) is 6.34. The van der Waals surface area contributed by atoms with Gasteiger partial charge in [-0.1, -0.05) is 13.0 Å². The highest BCUT2D eigenvalue weighted by atomic mass is 35.5. The first-order valence-corrected chi connectivity index (χ1v) is 11.9. The molecule has 1 aromatic rings. The monoisotopic (exact) mass is 445 g/mol.